The molecule has 0 fully saturated rings. The highest BCUT2D eigenvalue weighted by Crippen LogP contribution is 2.04. The molecule has 0 N–H and O–H groups in total. The first-order chi connectivity index (χ1) is 3.93. The Labute approximate surface area is 49.6 Å². The summed E-state index contributed by atoms with van der Waals surface area (Å²) in [6, 6.07) is 0. The molecule has 0 aromatic heterocycles. The molecule has 1 rings (SSSR count). The summed E-state index contributed by atoms with van der Waals surface area (Å²) in [4.78, 5) is 4.07. The highest BCUT2D eigenvalue weighted by molar-refractivity contribution is 5.58. The topological polar surface area (TPSA) is 21.6 Å². The Bertz CT molecular complexity index is 90.5. The summed E-state index contributed by atoms with van der Waals surface area (Å²) in [6.07, 6.45) is 4.47. The zero-order valence-corrected chi connectivity index (χ0v) is 5.13. The lowest BCUT2D eigenvalue weighted by molar-refractivity contribution is 0.101. The minimum atomic E-state index is 0.438. The van der Waals surface area contributed by atoms with Crippen molar-refractivity contribution in [3.8, 4) is 0 Å². The molecule has 0 radical (unpaired) electrons. The molecule has 46 valence electrons. The van der Waals surface area contributed by atoms with Crippen LogP contribution in [0.15, 0.2) is 4.99 Å². The highest BCUT2D eigenvalue weighted by atomic mass is 16.5. The molecule has 1 aliphatic heterocycles. The largest absolute Gasteiger partial charge is 0.381 e. The molecule has 0 aliphatic carbocycles. The van der Waals surface area contributed by atoms with Gasteiger partial charge in [-0.2, -0.15) is 0 Å². The smallest absolute Gasteiger partial charge is 0.0638 e. The van der Waals surface area contributed by atoms with Gasteiger partial charge in [-0.25, -0.2) is 0 Å². The second-order valence-electron chi connectivity index (χ2n) is 1.97. The van der Waals surface area contributed by atoms with Crippen molar-refractivity contribution in [3.05, 3.63) is 0 Å². The SMILES string of the molecule is CO[C@H]1CC=NCC1. The van der Waals surface area contributed by atoms with Crippen LogP contribution >= 0.6 is 0 Å². The van der Waals surface area contributed by atoms with Crippen molar-refractivity contribution in [2.45, 2.75) is 18.9 Å². The van der Waals surface area contributed by atoms with Gasteiger partial charge in [-0.05, 0) is 6.42 Å². The molecule has 2 heteroatoms. The molecule has 0 bridgehead atoms. The standard InChI is InChI=1S/C6H11NO/c1-8-6-2-4-7-5-3-6/h4,6H,2-3,5H2,1H3/t6-/m0/s1. The van der Waals surface area contributed by atoms with Crippen LogP contribution in [0.25, 0.3) is 0 Å². The number of rotatable bonds is 1. The lowest BCUT2D eigenvalue weighted by Crippen LogP contribution is -2.15. The van der Waals surface area contributed by atoms with Crippen LogP contribution in [0.4, 0.5) is 0 Å². The molecule has 0 spiro atoms. The van der Waals surface area contributed by atoms with Gasteiger partial charge in [-0.15, -0.1) is 0 Å². The van der Waals surface area contributed by atoms with Crippen LogP contribution in [0.3, 0.4) is 0 Å². The van der Waals surface area contributed by atoms with Crippen molar-refractivity contribution in [2.75, 3.05) is 13.7 Å². The number of methoxy groups -OCH3 is 1. The van der Waals surface area contributed by atoms with Crippen LogP contribution in [0.2, 0.25) is 0 Å². The average Bonchev–Trinajstić information content (AvgIpc) is 1.90. The van der Waals surface area contributed by atoms with E-state index in [9.17, 15) is 0 Å². The summed E-state index contributed by atoms with van der Waals surface area (Å²) in [5.41, 5.74) is 0. The molecule has 0 aromatic rings. The van der Waals surface area contributed by atoms with E-state index in [1.807, 2.05) is 6.21 Å². The van der Waals surface area contributed by atoms with E-state index in [0.717, 1.165) is 19.4 Å². The normalized spacial score (nSPS) is 28.4. The van der Waals surface area contributed by atoms with Crippen molar-refractivity contribution in [3.63, 3.8) is 0 Å². The van der Waals surface area contributed by atoms with Crippen LogP contribution in [-0.2, 0) is 4.74 Å². The lowest BCUT2D eigenvalue weighted by atomic mass is 10.1. The zero-order chi connectivity index (χ0) is 5.82. The third kappa shape index (κ3) is 1.30. The molecule has 0 aromatic carbocycles. The van der Waals surface area contributed by atoms with E-state index in [1.165, 1.54) is 0 Å². The number of nitrogens with zero attached hydrogens (tertiary/aromatic N) is 1. The summed E-state index contributed by atoms with van der Waals surface area (Å²) in [7, 11) is 1.75. The molecule has 0 unspecified atom stereocenters. The molecular weight excluding hydrogens is 102 g/mol. The first-order valence-corrected chi connectivity index (χ1v) is 2.94. The maximum Gasteiger partial charge on any atom is 0.0638 e. The van der Waals surface area contributed by atoms with Gasteiger partial charge in [0.05, 0.1) is 6.10 Å². The van der Waals surface area contributed by atoms with E-state index in [4.69, 9.17) is 4.74 Å². The third-order valence-corrected chi connectivity index (χ3v) is 1.41. The highest BCUT2D eigenvalue weighted by Gasteiger charge is 2.06. The van der Waals surface area contributed by atoms with Gasteiger partial charge in [-0.3, -0.25) is 4.99 Å². The van der Waals surface area contributed by atoms with E-state index < -0.39 is 0 Å². The molecule has 0 saturated carbocycles. The van der Waals surface area contributed by atoms with Gasteiger partial charge in [0.2, 0.25) is 0 Å². The number of hydrogen-bond donors (Lipinski definition) is 0. The molecule has 8 heavy (non-hydrogen) atoms. The Hall–Kier alpha value is -0.370. The Kier molecular flexibility index (Phi) is 2.03. The second kappa shape index (κ2) is 2.82. The van der Waals surface area contributed by atoms with Crippen LogP contribution in [0.5, 0.6) is 0 Å². The van der Waals surface area contributed by atoms with Gasteiger partial charge in [0.25, 0.3) is 0 Å². The molecule has 1 aliphatic rings. The number of aliphatic imine (C=N–C) groups is 1. The quantitative estimate of drug-likeness (QED) is 0.494. The molecule has 1 heterocycles. The van der Waals surface area contributed by atoms with Crippen molar-refractivity contribution in [2.24, 2.45) is 4.99 Å². The zero-order valence-electron chi connectivity index (χ0n) is 5.13. The molecule has 0 saturated heterocycles. The summed E-state index contributed by atoms with van der Waals surface area (Å²) in [5, 5.41) is 0. The van der Waals surface area contributed by atoms with E-state index in [1.54, 1.807) is 7.11 Å². The fourth-order valence-corrected chi connectivity index (χ4v) is 0.834. The van der Waals surface area contributed by atoms with Crippen LogP contribution < -0.4 is 0 Å². The minimum Gasteiger partial charge on any atom is -0.381 e. The number of ether oxygens (including phenoxy) is 1. The predicted octanol–water partition coefficient (Wildman–Crippen LogP) is 0.866. The predicted molar refractivity (Wildman–Crippen MR) is 33.4 cm³/mol. The molecular formula is C6H11NO. The fraction of sp³-hybridized carbons (Fsp3) is 0.833. The molecule has 0 amide bonds. The summed E-state index contributed by atoms with van der Waals surface area (Å²) < 4.78 is 5.10. The third-order valence-electron chi connectivity index (χ3n) is 1.41. The number of hydrogen-bond acceptors (Lipinski definition) is 2. The monoisotopic (exact) mass is 113 g/mol. The van der Waals surface area contributed by atoms with E-state index in [-0.39, 0.29) is 0 Å². The van der Waals surface area contributed by atoms with Crippen molar-refractivity contribution < 1.29 is 4.74 Å². The average molecular weight is 113 g/mol. The van der Waals surface area contributed by atoms with E-state index >= 15 is 0 Å². The van der Waals surface area contributed by atoms with Gasteiger partial charge in [0, 0.05) is 26.3 Å². The second-order valence-corrected chi connectivity index (χ2v) is 1.97. The van der Waals surface area contributed by atoms with Crippen molar-refractivity contribution in [1.29, 1.82) is 0 Å². The van der Waals surface area contributed by atoms with Gasteiger partial charge in [-0.1, -0.05) is 0 Å². The Balaban J connectivity index is 2.27. The van der Waals surface area contributed by atoms with Crippen LogP contribution in [-0.4, -0.2) is 26.0 Å². The lowest BCUT2D eigenvalue weighted by Gasteiger charge is -2.14. The van der Waals surface area contributed by atoms with Crippen molar-refractivity contribution in [1.82, 2.24) is 0 Å². The van der Waals surface area contributed by atoms with Crippen molar-refractivity contribution >= 4 is 6.21 Å². The van der Waals surface area contributed by atoms with Gasteiger partial charge >= 0.3 is 0 Å². The Morgan fingerprint density at radius 3 is 3.00 bits per heavy atom. The minimum absolute atomic E-state index is 0.438. The first-order valence-electron chi connectivity index (χ1n) is 2.94. The van der Waals surface area contributed by atoms with Crippen LogP contribution in [0, 0.1) is 0 Å². The fourth-order valence-electron chi connectivity index (χ4n) is 0.834. The van der Waals surface area contributed by atoms with Crippen LogP contribution in [0.1, 0.15) is 12.8 Å². The van der Waals surface area contributed by atoms with Gasteiger partial charge in [0.15, 0.2) is 0 Å². The summed E-state index contributed by atoms with van der Waals surface area (Å²) >= 11 is 0. The molecule has 2 nitrogen and oxygen atoms in total. The first kappa shape index (κ1) is 5.76. The Morgan fingerprint density at radius 2 is 2.62 bits per heavy atom. The van der Waals surface area contributed by atoms with Gasteiger partial charge in [0.1, 0.15) is 0 Å². The summed E-state index contributed by atoms with van der Waals surface area (Å²) in [5.74, 6) is 0. The maximum atomic E-state index is 5.10. The van der Waals surface area contributed by atoms with E-state index in [2.05, 4.69) is 4.99 Å². The molecule has 1 atom stereocenters. The summed E-state index contributed by atoms with van der Waals surface area (Å²) in [6.45, 7) is 0.943. The Morgan fingerprint density at radius 1 is 1.75 bits per heavy atom. The maximum absolute atomic E-state index is 5.10. The van der Waals surface area contributed by atoms with E-state index in [0.29, 0.717) is 6.10 Å². The van der Waals surface area contributed by atoms with Gasteiger partial charge < -0.3 is 4.74 Å².